The van der Waals surface area contributed by atoms with E-state index in [0.29, 0.717) is 6.61 Å². The van der Waals surface area contributed by atoms with E-state index >= 15 is 0 Å². The SMILES string of the molecule is CCCCCCCCCCCCCCON([C](C)O)c1ccccc1. The highest BCUT2D eigenvalue weighted by atomic mass is 16.7. The summed E-state index contributed by atoms with van der Waals surface area (Å²) in [6, 6.07) is 9.71. The molecular formula is C22H38NO2. The van der Waals surface area contributed by atoms with Crippen molar-refractivity contribution in [3.8, 4) is 0 Å². The average Bonchev–Trinajstić information content (AvgIpc) is 2.62. The summed E-state index contributed by atoms with van der Waals surface area (Å²) in [6.45, 7) is 4.56. The predicted molar refractivity (Wildman–Crippen MR) is 107 cm³/mol. The van der Waals surface area contributed by atoms with Gasteiger partial charge in [0.15, 0.2) is 0 Å². The fourth-order valence-corrected chi connectivity index (χ4v) is 3.02. The first-order valence-corrected chi connectivity index (χ1v) is 10.3. The van der Waals surface area contributed by atoms with Crippen molar-refractivity contribution >= 4 is 5.69 Å². The standard InChI is InChI=1S/C22H38NO2/c1-3-4-5-6-7-8-9-10-11-12-13-17-20-25-23(21(2)24)22-18-15-14-16-19-22/h14-16,18-19,24H,3-13,17,20H2,1-2H3. The van der Waals surface area contributed by atoms with Crippen LogP contribution in [0.15, 0.2) is 30.3 Å². The Hall–Kier alpha value is -1.06. The number of unbranched alkanes of at least 4 members (excludes halogenated alkanes) is 11. The molecule has 0 amide bonds. The Kier molecular flexibility index (Phi) is 13.4. The van der Waals surface area contributed by atoms with Crippen LogP contribution in [0.3, 0.4) is 0 Å². The molecule has 143 valence electrons. The summed E-state index contributed by atoms with van der Waals surface area (Å²) in [5.41, 5.74) is 0.862. The molecule has 1 N–H and O–H groups in total. The number of benzene rings is 1. The van der Waals surface area contributed by atoms with E-state index in [1.165, 1.54) is 75.7 Å². The second-order valence-corrected chi connectivity index (χ2v) is 6.90. The minimum atomic E-state index is 0.171. The van der Waals surface area contributed by atoms with Crippen molar-refractivity contribution in [1.29, 1.82) is 0 Å². The van der Waals surface area contributed by atoms with Crippen LogP contribution in [-0.4, -0.2) is 11.7 Å². The summed E-state index contributed by atoms with van der Waals surface area (Å²) in [5.74, 6) is 0. The summed E-state index contributed by atoms with van der Waals surface area (Å²) in [5, 5.41) is 11.3. The van der Waals surface area contributed by atoms with Gasteiger partial charge in [0.2, 0.25) is 6.23 Å². The molecular weight excluding hydrogens is 310 g/mol. The van der Waals surface area contributed by atoms with Gasteiger partial charge in [-0.25, -0.2) is 5.06 Å². The van der Waals surface area contributed by atoms with Gasteiger partial charge in [-0.3, -0.25) is 4.84 Å². The molecule has 0 spiro atoms. The molecule has 25 heavy (non-hydrogen) atoms. The van der Waals surface area contributed by atoms with Crippen molar-refractivity contribution in [3.05, 3.63) is 36.6 Å². The van der Waals surface area contributed by atoms with E-state index in [-0.39, 0.29) is 6.23 Å². The molecule has 0 aliphatic rings. The van der Waals surface area contributed by atoms with E-state index in [1.807, 2.05) is 30.3 Å². The third-order valence-electron chi connectivity index (χ3n) is 4.50. The van der Waals surface area contributed by atoms with Gasteiger partial charge in [0, 0.05) is 0 Å². The van der Waals surface area contributed by atoms with Crippen LogP contribution in [0.2, 0.25) is 0 Å². The van der Waals surface area contributed by atoms with E-state index in [2.05, 4.69) is 6.92 Å². The Morgan fingerprint density at radius 2 is 1.28 bits per heavy atom. The molecule has 1 radical (unpaired) electrons. The number of anilines is 1. The molecule has 1 rings (SSSR count). The van der Waals surface area contributed by atoms with Gasteiger partial charge >= 0.3 is 0 Å². The number of para-hydroxylation sites is 1. The van der Waals surface area contributed by atoms with Crippen LogP contribution < -0.4 is 5.06 Å². The fraction of sp³-hybridized carbons (Fsp3) is 0.682. The average molecular weight is 349 g/mol. The maximum atomic E-state index is 9.77. The second-order valence-electron chi connectivity index (χ2n) is 6.90. The highest BCUT2D eigenvalue weighted by molar-refractivity contribution is 5.45. The fourth-order valence-electron chi connectivity index (χ4n) is 3.02. The monoisotopic (exact) mass is 348 g/mol. The van der Waals surface area contributed by atoms with Crippen LogP contribution in [0.5, 0.6) is 0 Å². The lowest BCUT2D eigenvalue weighted by molar-refractivity contribution is 0.0646. The van der Waals surface area contributed by atoms with E-state index in [0.717, 1.165) is 12.1 Å². The summed E-state index contributed by atoms with van der Waals surface area (Å²) >= 11 is 0. The molecule has 1 aromatic rings. The number of aliphatic hydroxyl groups is 1. The zero-order chi connectivity index (χ0) is 18.2. The third kappa shape index (κ3) is 11.2. The van der Waals surface area contributed by atoms with Crippen LogP contribution in [0.4, 0.5) is 5.69 Å². The van der Waals surface area contributed by atoms with Crippen LogP contribution in [0, 0.1) is 6.23 Å². The second kappa shape index (κ2) is 15.2. The number of nitrogens with zero attached hydrogens (tertiary/aromatic N) is 1. The first-order chi connectivity index (χ1) is 12.3. The number of hydrogen-bond acceptors (Lipinski definition) is 3. The molecule has 3 heteroatoms. The van der Waals surface area contributed by atoms with E-state index in [9.17, 15) is 5.11 Å². The molecule has 0 aliphatic carbocycles. The normalized spacial score (nSPS) is 11.2. The predicted octanol–water partition coefficient (Wildman–Crippen LogP) is 7.01. The molecule has 0 aliphatic heterocycles. The van der Waals surface area contributed by atoms with Crippen molar-refractivity contribution in [2.75, 3.05) is 11.7 Å². The molecule has 0 saturated carbocycles. The minimum Gasteiger partial charge on any atom is -0.365 e. The van der Waals surface area contributed by atoms with Gasteiger partial charge in [-0.05, 0) is 25.5 Å². The molecule has 3 nitrogen and oxygen atoms in total. The van der Waals surface area contributed by atoms with Crippen molar-refractivity contribution in [2.24, 2.45) is 0 Å². The molecule has 0 aromatic heterocycles. The topological polar surface area (TPSA) is 32.7 Å². The quantitative estimate of drug-likeness (QED) is 0.258. The van der Waals surface area contributed by atoms with Gasteiger partial charge in [-0.15, -0.1) is 0 Å². The zero-order valence-corrected chi connectivity index (χ0v) is 16.4. The lowest BCUT2D eigenvalue weighted by Gasteiger charge is -2.25. The molecule has 0 unspecified atom stereocenters. The number of hydrogen-bond donors (Lipinski definition) is 1. The maximum Gasteiger partial charge on any atom is 0.209 e. The molecule has 0 fully saturated rings. The summed E-state index contributed by atoms with van der Waals surface area (Å²) in [6.07, 6.45) is 16.2. The summed E-state index contributed by atoms with van der Waals surface area (Å²) in [4.78, 5) is 5.73. The van der Waals surface area contributed by atoms with Gasteiger partial charge < -0.3 is 5.11 Å². The summed E-state index contributed by atoms with van der Waals surface area (Å²) < 4.78 is 0. The van der Waals surface area contributed by atoms with Crippen LogP contribution in [-0.2, 0) is 4.84 Å². The highest BCUT2D eigenvalue weighted by Gasteiger charge is 2.13. The van der Waals surface area contributed by atoms with Crippen LogP contribution >= 0.6 is 0 Å². The molecule has 1 aromatic carbocycles. The molecule has 0 atom stereocenters. The molecule has 0 bridgehead atoms. The van der Waals surface area contributed by atoms with E-state index < -0.39 is 0 Å². The van der Waals surface area contributed by atoms with Crippen molar-refractivity contribution in [1.82, 2.24) is 0 Å². The number of rotatable bonds is 16. The summed E-state index contributed by atoms with van der Waals surface area (Å²) in [7, 11) is 0. The van der Waals surface area contributed by atoms with Gasteiger partial charge in [0.05, 0.1) is 12.3 Å². The van der Waals surface area contributed by atoms with E-state index in [1.54, 1.807) is 6.92 Å². The van der Waals surface area contributed by atoms with Crippen molar-refractivity contribution in [2.45, 2.75) is 90.9 Å². The minimum absolute atomic E-state index is 0.171. The Balaban J connectivity index is 1.95. The van der Waals surface area contributed by atoms with Gasteiger partial charge in [0.25, 0.3) is 0 Å². The van der Waals surface area contributed by atoms with Gasteiger partial charge in [0.1, 0.15) is 0 Å². The Morgan fingerprint density at radius 3 is 1.76 bits per heavy atom. The Bertz CT molecular complexity index is 394. The van der Waals surface area contributed by atoms with Gasteiger partial charge in [-0.2, -0.15) is 0 Å². The van der Waals surface area contributed by atoms with Crippen molar-refractivity contribution < 1.29 is 9.94 Å². The number of hydroxylamine groups is 1. The largest absolute Gasteiger partial charge is 0.365 e. The van der Waals surface area contributed by atoms with Crippen molar-refractivity contribution in [3.63, 3.8) is 0 Å². The van der Waals surface area contributed by atoms with Gasteiger partial charge in [-0.1, -0.05) is 95.8 Å². The number of aliphatic hydroxyl groups excluding tert-OH is 1. The third-order valence-corrected chi connectivity index (χ3v) is 4.50. The van der Waals surface area contributed by atoms with E-state index in [4.69, 9.17) is 4.84 Å². The lowest BCUT2D eigenvalue weighted by Crippen LogP contribution is -2.27. The first kappa shape index (κ1) is 22.0. The smallest absolute Gasteiger partial charge is 0.209 e. The van der Waals surface area contributed by atoms with Crippen LogP contribution in [0.1, 0.15) is 90.9 Å². The maximum absolute atomic E-state index is 9.77. The Morgan fingerprint density at radius 1 is 0.800 bits per heavy atom. The molecule has 0 heterocycles. The lowest BCUT2D eigenvalue weighted by atomic mass is 10.1. The molecule has 0 saturated heterocycles. The first-order valence-electron chi connectivity index (χ1n) is 10.3. The zero-order valence-electron chi connectivity index (χ0n) is 16.4. The Labute approximate surface area is 155 Å². The van der Waals surface area contributed by atoms with Crippen LogP contribution in [0.25, 0.3) is 0 Å². The highest BCUT2D eigenvalue weighted by Crippen LogP contribution is 2.19.